The molecule has 0 fully saturated rings. The zero-order chi connectivity index (χ0) is 14.0. The van der Waals surface area contributed by atoms with Gasteiger partial charge in [0.15, 0.2) is 5.78 Å². The van der Waals surface area contributed by atoms with E-state index >= 15 is 0 Å². The lowest BCUT2D eigenvalue weighted by molar-refractivity contribution is -0.384. The topological polar surface area (TPSA) is 95.2 Å². The lowest BCUT2D eigenvalue weighted by atomic mass is 9.99. The number of benzene rings is 2. The van der Waals surface area contributed by atoms with Crippen LogP contribution >= 0.6 is 11.6 Å². The summed E-state index contributed by atoms with van der Waals surface area (Å²) in [4.78, 5) is 22.5. The summed E-state index contributed by atoms with van der Waals surface area (Å²) in [6, 6.07) is 11.4. The standard InChI is InChI=1S/C14H10ClNO3.H3N/c1-9-7-13(16(18)19)12(15)8-11(9)14(17)10-5-3-2-4-6-10;/h2-8H,1H3;1H3. The molecular formula is C14H13ClN2O3. The third-order valence-corrected chi connectivity index (χ3v) is 3.07. The highest BCUT2D eigenvalue weighted by molar-refractivity contribution is 6.33. The molecule has 6 heteroatoms. The fraction of sp³-hybridized carbons (Fsp3) is 0.0714. The van der Waals surface area contributed by atoms with Crippen LogP contribution in [0.25, 0.3) is 0 Å². The van der Waals surface area contributed by atoms with Gasteiger partial charge in [-0.05, 0) is 18.6 Å². The van der Waals surface area contributed by atoms with Gasteiger partial charge in [0.1, 0.15) is 5.02 Å². The van der Waals surface area contributed by atoms with Crippen LogP contribution in [0, 0.1) is 17.0 Å². The Morgan fingerprint density at radius 3 is 2.35 bits per heavy atom. The molecule has 0 radical (unpaired) electrons. The normalized spacial score (nSPS) is 9.70. The van der Waals surface area contributed by atoms with Crippen molar-refractivity contribution in [3.63, 3.8) is 0 Å². The minimum atomic E-state index is -0.563. The molecule has 2 rings (SSSR count). The molecule has 0 saturated heterocycles. The summed E-state index contributed by atoms with van der Waals surface area (Å²) in [6.07, 6.45) is 0. The van der Waals surface area contributed by atoms with Gasteiger partial charge in [0.2, 0.25) is 0 Å². The predicted octanol–water partition coefficient (Wildman–Crippen LogP) is 3.95. The van der Waals surface area contributed by atoms with Crippen LogP contribution in [-0.2, 0) is 0 Å². The van der Waals surface area contributed by atoms with Crippen LogP contribution in [0.1, 0.15) is 21.5 Å². The number of ketones is 1. The Balaban J connectivity index is 0.00000200. The molecule has 104 valence electrons. The predicted molar refractivity (Wildman–Crippen MR) is 77.7 cm³/mol. The number of carbonyl (C=O) groups is 1. The molecule has 20 heavy (non-hydrogen) atoms. The maximum Gasteiger partial charge on any atom is 0.288 e. The van der Waals surface area contributed by atoms with Crippen molar-refractivity contribution in [3.8, 4) is 0 Å². The number of hydrogen-bond acceptors (Lipinski definition) is 4. The van der Waals surface area contributed by atoms with E-state index in [0.29, 0.717) is 16.7 Å². The molecular weight excluding hydrogens is 280 g/mol. The van der Waals surface area contributed by atoms with Gasteiger partial charge in [-0.1, -0.05) is 41.9 Å². The second-order valence-corrected chi connectivity index (χ2v) is 4.48. The van der Waals surface area contributed by atoms with Crippen molar-refractivity contribution in [1.82, 2.24) is 6.15 Å². The molecule has 0 spiro atoms. The van der Waals surface area contributed by atoms with Gasteiger partial charge in [0.25, 0.3) is 5.69 Å². The highest BCUT2D eigenvalue weighted by Crippen LogP contribution is 2.28. The van der Waals surface area contributed by atoms with E-state index in [1.807, 2.05) is 6.07 Å². The molecule has 0 atom stereocenters. The first kappa shape index (κ1) is 15.8. The molecule has 2 aromatic carbocycles. The number of halogens is 1. The zero-order valence-corrected chi connectivity index (χ0v) is 11.6. The minimum absolute atomic E-state index is 0. The maximum absolute atomic E-state index is 12.3. The van der Waals surface area contributed by atoms with Gasteiger partial charge in [0, 0.05) is 17.2 Å². The summed E-state index contributed by atoms with van der Waals surface area (Å²) >= 11 is 5.83. The van der Waals surface area contributed by atoms with Crippen LogP contribution in [0.15, 0.2) is 42.5 Å². The first-order valence-electron chi connectivity index (χ1n) is 5.55. The van der Waals surface area contributed by atoms with E-state index in [0.717, 1.165) is 0 Å². The Kier molecular flexibility index (Phi) is 4.96. The van der Waals surface area contributed by atoms with Crippen molar-refractivity contribution in [3.05, 3.63) is 74.3 Å². The van der Waals surface area contributed by atoms with Crippen LogP contribution < -0.4 is 6.15 Å². The molecule has 0 aliphatic carbocycles. The molecule has 3 N–H and O–H groups in total. The molecule has 0 bridgehead atoms. The lowest BCUT2D eigenvalue weighted by Crippen LogP contribution is -2.04. The van der Waals surface area contributed by atoms with Crippen LogP contribution in [0.5, 0.6) is 0 Å². The summed E-state index contributed by atoms with van der Waals surface area (Å²) in [5, 5.41) is 10.7. The SMILES string of the molecule is Cc1cc([N+](=O)[O-])c(Cl)cc1C(=O)c1ccccc1.N. The van der Waals surface area contributed by atoms with Crippen LogP contribution in [-0.4, -0.2) is 10.7 Å². The first-order chi connectivity index (χ1) is 9.00. The van der Waals surface area contributed by atoms with E-state index in [2.05, 4.69) is 0 Å². The molecule has 5 nitrogen and oxygen atoms in total. The van der Waals surface area contributed by atoms with E-state index in [1.54, 1.807) is 31.2 Å². The van der Waals surface area contributed by atoms with Crippen LogP contribution in [0.2, 0.25) is 5.02 Å². The number of nitro groups is 1. The Morgan fingerprint density at radius 1 is 1.20 bits per heavy atom. The number of nitrogens with zero attached hydrogens (tertiary/aromatic N) is 1. The van der Waals surface area contributed by atoms with E-state index < -0.39 is 4.92 Å². The largest absolute Gasteiger partial charge is 0.344 e. The highest BCUT2D eigenvalue weighted by atomic mass is 35.5. The quantitative estimate of drug-likeness (QED) is 0.526. The molecule has 0 unspecified atom stereocenters. The van der Waals surface area contributed by atoms with Gasteiger partial charge in [-0.2, -0.15) is 0 Å². The molecule has 0 saturated carbocycles. The van der Waals surface area contributed by atoms with Crippen LogP contribution in [0.4, 0.5) is 5.69 Å². The van der Waals surface area contributed by atoms with Gasteiger partial charge in [-0.25, -0.2) is 0 Å². The van der Waals surface area contributed by atoms with Gasteiger partial charge >= 0.3 is 0 Å². The lowest BCUT2D eigenvalue weighted by Gasteiger charge is -2.06. The summed E-state index contributed by atoms with van der Waals surface area (Å²) in [7, 11) is 0. The Hall–Kier alpha value is -2.24. The molecule has 0 heterocycles. The van der Waals surface area contributed by atoms with Crippen molar-refractivity contribution in [2.45, 2.75) is 6.92 Å². The summed E-state index contributed by atoms with van der Waals surface area (Å²) in [6.45, 7) is 1.65. The zero-order valence-electron chi connectivity index (χ0n) is 10.8. The molecule has 0 aliphatic rings. The summed E-state index contributed by atoms with van der Waals surface area (Å²) in [5.41, 5.74) is 1.24. The van der Waals surface area contributed by atoms with Gasteiger partial charge in [-0.15, -0.1) is 0 Å². The van der Waals surface area contributed by atoms with Crippen molar-refractivity contribution in [2.24, 2.45) is 0 Å². The van der Waals surface area contributed by atoms with E-state index in [1.165, 1.54) is 12.1 Å². The molecule has 2 aromatic rings. The van der Waals surface area contributed by atoms with E-state index in [9.17, 15) is 14.9 Å². The third kappa shape index (κ3) is 3.01. The van der Waals surface area contributed by atoms with Gasteiger partial charge in [0.05, 0.1) is 4.92 Å². The molecule has 0 aliphatic heterocycles. The Bertz CT molecular complexity index is 657. The highest BCUT2D eigenvalue weighted by Gasteiger charge is 2.19. The second kappa shape index (κ2) is 6.27. The summed E-state index contributed by atoms with van der Waals surface area (Å²) in [5.74, 6) is -0.199. The van der Waals surface area contributed by atoms with Crippen molar-refractivity contribution in [1.29, 1.82) is 0 Å². The van der Waals surface area contributed by atoms with Crippen molar-refractivity contribution >= 4 is 23.1 Å². The molecule has 0 amide bonds. The monoisotopic (exact) mass is 292 g/mol. The van der Waals surface area contributed by atoms with Crippen LogP contribution in [0.3, 0.4) is 0 Å². The van der Waals surface area contributed by atoms with Crippen molar-refractivity contribution in [2.75, 3.05) is 0 Å². The first-order valence-corrected chi connectivity index (χ1v) is 5.93. The van der Waals surface area contributed by atoms with Crippen molar-refractivity contribution < 1.29 is 9.72 Å². The number of hydrogen-bond donors (Lipinski definition) is 1. The number of rotatable bonds is 3. The van der Waals surface area contributed by atoms with Gasteiger partial charge < -0.3 is 6.15 Å². The fourth-order valence-electron chi connectivity index (χ4n) is 1.80. The average molecular weight is 293 g/mol. The second-order valence-electron chi connectivity index (χ2n) is 4.07. The fourth-order valence-corrected chi connectivity index (χ4v) is 2.03. The maximum atomic E-state index is 12.3. The Morgan fingerprint density at radius 2 is 1.80 bits per heavy atom. The Labute approximate surface area is 120 Å². The minimum Gasteiger partial charge on any atom is -0.344 e. The summed E-state index contributed by atoms with van der Waals surface area (Å²) < 4.78 is 0. The number of nitro benzene ring substituents is 1. The van der Waals surface area contributed by atoms with Gasteiger partial charge in [-0.3, -0.25) is 14.9 Å². The molecule has 0 aromatic heterocycles. The third-order valence-electron chi connectivity index (χ3n) is 2.77. The smallest absolute Gasteiger partial charge is 0.288 e. The van der Waals surface area contributed by atoms with E-state index in [4.69, 9.17) is 11.6 Å². The van der Waals surface area contributed by atoms with E-state index in [-0.39, 0.29) is 22.6 Å². The number of aryl methyl sites for hydroxylation is 1. The number of carbonyl (C=O) groups excluding carboxylic acids is 1. The average Bonchev–Trinajstić information content (AvgIpc) is 2.41.